The lowest BCUT2D eigenvalue weighted by Gasteiger charge is -2.27. The van der Waals surface area contributed by atoms with Crippen molar-refractivity contribution in [3.05, 3.63) is 29.6 Å². The van der Waals surface area contributed by atoms with E-state index in [1.807, 2.05) is 0 Å². The number of carbonyl (C=O) groups is 1. The van der Waals surface area contributed by atoms with Gasteiger partial charge in [-0.25, -0.2) is 4.39 Å². The fourth-order valence-electron chi connectivity index (χ4n) is 2.11. The lowest BCUT2D eigenvalue weighted by molar-refractivity contribution is 0.112. The second-order valence-electron chi connectivity index (χ2n) is 5.10. The second-order valence-corrected chi connectivity index (χ2v) is 5.10. The molecule has 0 amide bonds. The summed E-state index contributed by atoms with van der Waals surface area (Å²) in [5, 5.41) is 0. The Kier molecular flexibility index (Phi) is 3.46. The van der Waals surface area contributed by atoms with Gasteiger partial charge in [-0.1, -0.05) is 13.8 Å². The maximum atomic E-state index is 13.1. The van der Waals surface area contributed by atoms with Crippen molar-refractivity contribution in [3.8, 4) is 0 Å². The molecule has 0 unspecified atom stereocenters. The normalized spacial score (nSPS) is 15.1. The molecule has 2 nitrogen and oxygen atoms in total. The van der Waals surface area contributed by atoms with Crippen LogP contribution < -0.4 is 4.90 Å². The minimum atomic E-state index is -0.351. The molecule has 1 saturated carbocycles. The maximum absolute atomic E-state index is 13.1. The minimum absolute atomic E-state index is 0.351. The summed E-state index contributed by atoms with van der Waals surface area (Å²) in [6.45, 7) is 5.22. The first-order valence-corrected chi connectivity index (χ1v) is 6.13. The monoisotopic (exact) mass is 235 g/mol. The predicted molar refractivity (Wildman–Crippen MR) is 67.0 cm³/mol. The number of halogens is 1. The van der Waals surface area contributed by atoms with Gasteiger partial charge >= 0.3 is 0 Å². The summed E-state index contributed by atoms with van der Waals surface area (Å²) in [6.07, 6.45) is 3.08. The molecular formula is C14H18FNO. The van der Waals surface area contributed by atoms with E-state index < -0.39 is 0 Å². The molecule has 1 aromatic rings. The Labute approximate surface area is 101 Å². The topological polar surface area (TPSA) is 20.3 Å². The first-order chi connectivity index (χ1) is 8.11. The number of benzene rings is 1. The van der Waals surface area contributed by atoms with Gasteiger partial charge in [0.15, 0.2) is 6.29 Å². The Morgan fingerprint density at radius 2 is 2.18 bits per heavy atom. The molecule has 0 atom stereocenters. The third kappa shape index (κ3) is 2.84. The van der Waals surface area contributed by atoms with E-state index in [-0.39, 0.29) is 5.82 Å². The lowest BCUT2D eigenvalue weighted by Crippen LogP contribution is -2.30. The highest BCUT2D eigenvalue weighted by molar-refractivity contribution is 5.84. The molecule has 92 valence electrons. The molecule has 1 aliphatic carbocycles. The summed E-state index contributed by atoms with van der Waals surface area (Å²) in [5.41, 5.74) is 1.33. The molecule has 0 heterocycles. The van der Waals surface area contributed by atoms with Crippen molar-refractivity contribution in [1.29, 1.82) is 0 Å². The van der Waals surface area contributed by atoms with E-state index in [1.165, 1.54) is 25.0 Å². The highest BCUT2D eigenvalue weighted by Crippen LogP contribution is 2.34. The number of carbonyl (C=O) groups excluding carboxylic acids is 1. The number of aldehydes is 1. The SMILES string of the molecule is CC(C)CN(c1ccc(F)cc1C=O)C1CC1. The molecule has 0 N–H and O–H groups in total. The maximum Gasteiger partial charge on any atom is 0.152 e. The molecule has 0 aliphatic heterocycles. The summed E-state index contributed by atoms with van der Waals surface area (Å²) in [7, 11) is 0. The number of nitrogens with zero attached hydrogens (tertiary/aromatic N) is 1. The van der Waals surface area contributed by atoms with Gasteiger partial charge < -0.3 is 4.90 Å². The summed E-state index contributed by atoms with van der Waals surface area (Å²) >= 11 is 0. The highest BCUT2D eigenvalue weighted by atomic mass is 19.1. The molecule has 0 spiro atoms. The average Bonchev–Trinajstić information content (AvgIpc) is 3.09. The summed E-state index contributed by atoms with van der Waals surface area (Å²) in [4.78, 5) is 13.3. The van der Waals surface area contributed by atoms with Crippen LogP contribution in [0.5, 0.6) is 0 Å². The first-order valence-electron chi connectivity index (χ1n) is 6.13. The van der Waals surface area contributed by atoms with Gasteiger partial charge in [0, 0.05) is 23.8 Å². The van der Waals surface area contributed by atoms with E-state index in [4.69, 9.17) is 0 Å². The summed E-state index contributed by atoms with van der Waals surface area (Å²) in [6, 6.07) is 5.00. The van der Waals surface area contributed by atoms with Crippen LogP contribution in [0.15, 0.2) is 18.2 Å². The van der Waals surface area contributed by atoms with E-state index >= 15 is 0 Å². The summed E-state index contributed by atoms with van der Waals surface area (Å²) in [5.74, 6) is 0.177. The molecular weight excluding hydrogens is 217 g/mol. The Hall–Kier alpha value is -1.38. The van der Waals surface area contributed by atoms with Crippen molar-refractivity contribution in [2.75, 3.05) is 11.4 Å². The largest absolute Gasteiger partial charge is 0.368 e. The standard InChI is InChI=1S/C14H18FNO/c1-10(2)8-16(13-4-5-13)14-6-3-12(15)7-11(14)9-17/h3,6-7,9-10,13H,4-5,8H2,1-2H3. The van der Waals surface area contributed by atoms with E-state index in [2.05, 4.69) is 18.7 Å². The molecule has 1 aromatic carbocycles. The zero-order valence-corrected chi connectivity index (χ0v) is 10.3. The Morgan fingerprint density at radius 1 is 1.47 bits per heavy atom. The molecule has 1 aliphatic rings. The summed E-state index contributed by atoms with van der Waals surface area (Å²) < 4.78 is 13.1. The number of anilines is 1. The van der Waals surface area contributed by atoms with E-state index in [0.29, 0.717) is 17.5 Å². The molecule has 0 aromatic heterocycles. The molecule has 0 bridgehead atoms. The van der Waals surface area contributed by atoms with Crippen LogP contribution in [-0.2, 0) is 0 Å². The molecule has 0 saturated heterocycles. The van der Waals surface area contributed by atoms with Crippen LogP contribution in [0, 0.1) is 11.7 Å². The van der Waals surface area contributed by atoms with Gasteiger partial charge in [0.25, 0.3) is 0 Å². The van der Waals surface area contributed by atoms with Crippen LogP contribution in [0.4, 0.5) is 10.1 Å². The van der Waals surface area contributed by atoms with Crippen molar-refractivity contribution < 1.29 is 9.18 Å². The van der Waals surface area contributed by atoms with Gasteiger partial charge in [-0.15, -0.1) is 0 Å². The van der Waals surface area contributed by atoms with Crippen molar-refractivity contribution in [1.82, 2.24) is 0 Å². The van der Waals surface area contributed by atoms with Crippen LogP contribution >= 0.6 is 0 Å². The Balaban J connectivity index is 2.31. The zero-order valence-electron chi connectivity index (χ0n) is 10.3. The van der Waals surface area contributed by atoms with Crippen LogP contribution in [0.25, 0.3) is 0 Å². The van der Waals surface area contributed by atoms with Gasteiger partial charge in [-0.3, -0.25) is 4.79 Å². The van der Waals surface area contributed by atoms with Crippen LogP contribution in [-0.4, -0.2) is 18.9 Å². The van der Waals surface area contributed by atoms with Crippen molar-refractivity contribution >= 4 is 12.0 Å². The van der Waals surface area contributed by atoms with Gasteiger partial charge in [-0.2, -0.15) is 0 Å². The molecule has 17 heavy (non-hydrogen) atoms. The second kappa shape index (κ2) is 4.86. The molecule has 3 heteroatoms. The third-order valence-electron chi connectivity index (χ3n) is 2.98. The van der Waals surface area contributed by atoms with Crippen molar-refractivity contribution in [2.45, 2.75) is 32.7 Å². The van der Waals surface area contributed by atoms with Crippen LogP contribution in [0.1, 0.15) is 37.0 Å². The van der Waals surface area contributed by atoms with Crippen molar-refractivity contribution in [3.63, 3.8) is 0 Å². The van der Waals surface area contributed by atoms with Gasteiger partial charge in [0.1, 0.15) is 5.82 Å². The van der Waals surface area contributed by atoms with Gasteiger partial charge in [0.05, 0.1) is 0 Å². The molecule has 1 fully saturated rings. The minimum Gasteiger partial charge on any atom is -0.368 e. The fraction of sp³-hybridized carbons (Fsp3) is 0.500. The van der Waals surface area contributed by atoms with Crippen LogP contribution in [0.3, 0.4) is 0 Å². The quantitative estimate of drug-likeness (QED) is 0.730. The first kappa shape index (κ1) is 12.1. The van der Waals surface area contributed by atoms with E-state index in [0.717, 1.165) is 18.5 Å². The van der Waals surface area contributed by atoms with Gasteiger partial charge in [0.2, 0.25) is 0 Å². The van der Waals surface area contributed by atoms with E-state index in [1.54, 1.807) is 6.07 Å². The smallest absolute Gasteiger partial charge is 0.152 e. The number of hydrogen-bond donors (Lipinski definition) is 0. The number of hydrogen-bond acceptors (Lipinski definition) is 2. The van der Waals surface area contributed by atoms with Crippen LogP contribution in [0.2, 0.25) is 0 Å². The average molecular weight is 235 g/mol. The zero-order chi connectivity index (χ0) is 12.4. The third-order valence-corrected chi connectivity index (χ3v) is 2.98. The predicted octanol–water partition coefficient (Wildman–Crippen LogP) is 3.26. The fourth-order valence-corrected chi connectivity index (χ4v) is 2.11. The van der Waals surface area contributed by atoms with E-state index in [9.17, 15) is 9.18 Å². The Morgan fingerprint density at radius 3 is 2.71 bits per heavy atom. The van der Waals surface area contributed by atoms with Crippen molar-refractivity contribution in [2.24, 2.45) is 5.92 Å². The molecule has 2 rings (SSSR count). The number of rotatable bonds is 5. The highest BCUT2D eigenvalue weighted by Gasteiger charge is 2.30. The lowest BCUT2D eigenvalue weighted by atomic mass is 10.1. The Bertz CT molecular complexity index is 413. The van der Waals surface area contributed by atoms with Gasteiger partial charge in [-0.05, 0) is 37.0 Å². The molecule has 0 radical (unpaired) electrons.